The van der Waals surface area contributed by atoms with E-state index in [1.807, 2.05) is 18.2 Å². The van der Waals surface area contributed by atoms with Crippen LogP contribution >= 0.6 is 0 Å². The van der Waals surface area contributed by atoms with Crippen LogP contribution in [-0.4, -0.2) is 36.9 Å². The molecule has 1 aromatic carbocycles. The van der Waals surface area contributed by atoms with Crippen LogP contribution in [0, 0.1) is 0 Å². The molecule has 0 atom stereocenters. The molecule has 0 spiro atoms. The Morgan fingerprint density at radius 1 is 1.25 bits per heavy atom. The number of benzene rings is 1. The minimum absolute atomic E-state index is 0.180. The van der Waals surface area contributed by atoms with Crippen molar-refractivity contribution < 1.29 is 14.6 Å². The van der Waals surface area contributed by atoms with Gasteiger partial charge in [-0.2, -0.15) is 0 Å². The van der Waals surface area contributed by atoms with Gasteiger partial charge in [-0.05, 0) is 37.8 Å². The van der Waals surface area contributed by atoms with Crippen LogP contribution in [0.4, 0.5) is 5.69 Å². The van der Waals surface area contributed by atoms with Crippen LogP contribution in [0.3, 0.4) is 0 Å². The summed E-state index contributed by atoms with van der Waals surface area (Å²) in [6.07, 6.45) is 4.78. The fourth-order valence-corrected chi connectivity index (χ4v) is 2.95. The molecule has 0 heterocycles. The Balaban J connectivity index is 2.05. The first-order chi connectivity index (χ1) is 9.70. The smallest absolute Gasteiger partial charge is 0.305 e. The van der Waals surface area contributed by atoms with E-state index in [1.165, 1.54) is 0 Å². The fourth-order valence-electron chi connectivity index (χ4n) is 2.95. The molecule has 0 saturated heterocycles. The van der Waals surface area contributed by atoms with Gasteiger partial charge in [-0.1, -0.05) is 18.2 Å². The fraction of sp³-hybridized carbons (Fsp3) is 0.562. The third kappa shape index (κ3) is 3.97. The monoisotopic (exact) mass is 277 g/mol. The number of anilines is 1. The molecule has 110 valence electrons. The summed E-state index contributed by atoms with van der Waals surface area (Å²) in [4.78, 5) is 13.1. The number of hydrogen-bond donors (Lipinski definition) is 1. The highest BCUT2D eigenvalue weighted by molar-refractivity contribution is 5.67. The first-order valence-corrected chi connectivity index (χ1v) is 7.27. The maximum absolute atomic E-state index is 10.9. The average Bonchev–Trinajstić information content (AvgIpc) is 2.49. The van der Waals surface area contributed by atoms with Gasteiger partial charge in [-0.15, -0.1) is 0 Å². The van der Waals surface area contributed by atoms with Gasteiger partial charge in [0, 0.05) is 25.4 Å². The third-order valence-corrected chi connectivity index (χ3v) is 4.07. The Morgan fingerprint density at radius 2 is 1.90 bits per heavy atom. The summed E-state index contributed by atoms with van der Waals surface area (Å²) in [5, 5.41) is 8.94. The maximum Gasteiger partial charge on any atom is 0.305 e. The standard InChI is InChI=1S/C16H23NO3/c1-20-15-9-7-14(8-10-15)17(12-11-16(18)19)13-5-3-2-4-6-13/h2-6,14-15H,7-12H2,1H3,(H,18,19). The van der Waals surface area contributed by atoms with Crippen LogP contribution in [0.5, 0.6) is 0 Å². The highest BCUT2D eigenvalue weighted by Crippen LogP contribution is 2.28. The largest absolute Gasteiger partial charge is 0.481 e. The molecule has 4 heteroatoms. The van der Waals surface area contributed by atoms with Gasteiger partial charge >= 0.3 is 5.97 Å². The molecule has 0 aromatic heterocycles. The average molecular weight is 277 g/mol. The van der Waals surface area contributed by atoms with Gasteiger partial charge in [-0.3, -0.25) is 4.79 Å². The van der Waals surface area contributed by atoms with Crippen LogP contribution in [0.2, 0.25) is 0 Å². The van der Waals surface area contributed by atoms with Crippen molar-refractivity contribution in [2.24, 2.45) is 0 Å². The summed E-state index contributed by atoms with van der Waals surface area (Å²) >= 11 is 0. The van der Waals surface area contributed by atoms with Gasteiger partial charge < -0.3 is 14.7 Å². The second-order valence-electron chi connectivity index (χ2n) is 5.34. The minimum atomic E-state index is -0.739. The molecule has 1 aromatic rings. The molecule has 1 fully saturated rings. The molecule has 1 saturated carbocycles. The second kappa shape index (κ2) is 7.29. The van der Waals surface area contributed by atoms with Gasteiger partial charge in [0.2, 0.25) is 0 Å². The Labute approximate surface area is 120 Å². The van der Waals surface area contributed by atoms with Gasteiger partial charge in [0.15, 0.2) is 0 Å². The van der Waals surface area contributed by atoms with Crippen molar-refractivity contribution in [3.63, 3.8) is 0 Å². The SMILES string of the molecule is COC1CCC(N(CCC(=O)O)c2ccccc2)CC1. The van der Waals surface area contributed by atoms with Crippen LogP contribution < -0.4 is 4.90 Å². The van der Waals surface area contributed by atoms with Crippen molar-refractivity contribution in [2.75, 3.05) is 18.6 Å². The molecular formula is C16H23NO3. The zero-order valence-corrected chi connectivity index (χ0v) is 12.0. The van der Waals surface area contributed by atoms with E-state index < -0.39 is 5.97 Å². The number of ether oxygens (including phenoxy) is 1. The molecule has 0 amide bonds. The van der Waals surface area contributed by atoms with Crippen LogP contribution in [-0.2, 0) is 9.53 Å². The van der Waals surface area contributed by atoms with Crippen LogP contribution in [0.25, 0.3) is 0 Å². The first kappa shape index (κ1) is 14.9. The number of carbonyl (C=O) groups is 1. The quantitative estimate of drug-likeness (QED) is 0.868. The third-order valence-electron chi connectivity index (χ3n) is 4.07. The number of carboxylic acids is 1. The van der Waals surface area contributed by atoms with Crippen LogP contribution in [0.1, 0.15) is 32.1 Å². The number of methoxy groups -OCH3 is 1. The van der Waals surface area contributed by atoms with E-state index in [0.29, 0.717) is 18.7 Å². The number of carboxylic acid groups (broad SMARTS) is 1. The Bertz CT molecular complexity index is 413. The van der Waals surface area contributed by atoms with E-state index in [-0.39, 0.29) is 6.42 Å². The van der Waals surface area contributed by atoms with E-state index in [2.05, 4.69) is 17.0 Å². The molecule has 0 aliphatic heterocycles. The molecule has 0 bridgehead atoms. The summed E-state index contributed by atoms with van der Waals surface area (Å²) in [7, 11) is 1.77. The van der Waals surface area contributed by atoms with Gasteiger partial charge in [0.05, 0.1) is 12.5 Å². The molecule has 1 aliphatic rings. The maximum atomic E-state index is 10.9. The predicted octanol–water partition coefficient (Wildman–Crippen LogP) is 2.93. The highest BCUT2D eigenvalue weighted by atomic mass is 16.5. The Kier molecular flexibility index (Phi) is 5.41. The second-order valence-corrected chi connectivity index (χ2v) is 5.34. The molecule has 4 nitrogen and oxygen atoms in total. The van der Waals surface area contributed by atoms with Gasteiger partial charge in [0.25, 0.3) is 0 Å². The molecular weight excluding hydrogens is 254 g/mol. The molecule has 2 rings (SSSR count). The number of rotatable bonds is 6. The van der Waals surface area contributed by atoms with Gasteiger partial charge in [0.1, 0.15) is 0 Å². The first-order valence-electron chi connectivity index (χ1n) is 7.27. The van der Waals surface area contributed by atoms with Crippen molar-refractivity contribution in [1.29, 1.82) is 0 Å². The number of nitrogens with zero attached hydrogens (tertiary/aromatic N) is 1. The zero-order chi connectivity index (χ0) is 14.4. The molecule has 0 radical (unpaired) electrons. The van der Waals surface area contributed by atoms with Crippen molar-refractivity contribution in [3.8, 4) is 0 Å². The summed E-state index contributed by atoms with van der Waals surface area (Å²) in [6.45, 7) is 0.571. The summed E-state index contributed by atoms with van der Waals surface area (Å²) in [6, 6.07) is 10.5. The van der Waals surface area contributed by atoms with E-state index in [4.69, 9.17) is 9.84 Å². The molecule has 20 heavy (non-hydrogen) atoms. The highest BCUT2D eigenvalue weighted by Gasteiger charge is 2.26. The summed E-state index contributed by atoms with van der Waals surface area (Å²) < 4.78 is 5.41. The van der Waals surface area contributed by atoms with Crippen molar-refractivity contribution in [1.82, 2.24) is 0 Å². The van der Waals surface area contributed by atoms with E-state index >= 15 is 0 Å². The summed E-state index contributed by atoms with van der Waals surface area (Å²) in [5.74, 6) is -0.739. The molecule has 1 aliphatic carbocycles. The number of hydrogen-bond acceptors (Lipinski definition) is 3. The molecule has 1 N–H and O–H groups in total. The van der Waals surface area contributed by atoms with E-state index in [9.17, 15) is 4.79 Å². The zero-order valence-electron chi connectivity index (χ0n) is 12.0. The Hall–Kier alpha value is -1.55. The van der Waals surface area contributed by atoms with Crippen LogP contribution in [0.15, 0.2) is 30.3 Å². The Morgan fingerprint density at radius 3 is 2.45 bits per heavy atom. The lowest BCUT2D eigenvalue weighted by Crippen LogP contribution is -2.40. The predicted molar refractivity (Wildman–Crippen MR) is 79.1 cm³/mol. The summed E-state index contributed by atoms with van der Waals surface area (Å²) in [5.41, 5.74) is 1.12. The van der Waals surface area contributed by atoms with Crippen molar-refractivity contribution in [3.05, 3.63) is 30.3 Å². The van der Waals surface area contributed by atoms with E-state index in [1.54, 1.807) is 7.11 Å². The lowest BCUT2D eigenvalue weighted by Gasteiger charge is -2.38. The minimum Gasteiger partial charge on any atom is -0.481 e. The van der Waals surface area contributed by atoms with Crippen molar-refractivity contribution >= 4 is 11.7 Å². The number of aliphatic carboxylic acids is 1. The van der Waals surface area contributed by atoms with Crippen molar-refractivity contribution in [2.45, 2.75) is 44.2 Å². The normalized spacial score (nSPS) is 22.4. The topological polar surface area (TPSA) is 49.8 Å². The molecule has 0 unspecified atom stereocenters. The van der Waals surface area contributed by atoms with Gasteiger partial charge in [-0.25, -0.2) is 0 Å². The lowest BCUT2D eigenvalue weighted by molar-refractivity contribution is -0.136. The number of para-hydroxylation sites is 1. The lowest BCUT2D eigenvalue weighted by atomic mass is 9.91. The van der Waals surface area contributed by atoms with E-state index in [0.717, 1.165) is 31.4 Å².